The van der Waals surface area contributed by atoms with Gasteiger partial charge in [0.1, 0.15) is 0 Å². The molecule has 3 rings (SSSR count). The van der Waals surface area contributed by atoms with E-state index >= 15 is 0 Å². The third-order valence-corrected chi connectivity index (χ3v) is 3.60. The van der Waals surface area contributed by atoms with Crippen molar-refractivity contribution in [2.75, 3.05) is 0 Å². The Labute approximate surface area is 95.8 Å². The molecular formula is C14H18N2. The van der Waals surface area contributed by atoms with Gasteiger partial charge in [-0.05, 0) is 30.9 Å². The number of benzene rings is 1. The normalized spacial score (nSPS) is 17.9. The molecule has 2 heteroatoms. The average Bonchev–Trinajstić information content (AvgIpc) is 2.98. The summed E-state index contributed by atoms with van der Waals surface area (Å²) < 4.78 is 0. The number of fused-ring (bicyclic) bond motifs is 1. The summed E-state index contributed by atoms with van der Waals surface area (Å²) in [5.41, 5.74) is 10.1. The maximum absolute atomic E-state index is 6.33. The van der Waals surface area contributed by atoms with Gasteiger partial charge in [0.05, 0.1) is 0 Å². The van der Waals surface area contributed by atoms with E-state index in [1.807, 2.05) is 0 Å². The van der Waals surface area contributed by atoms with Gasteiger partial charge in [0.15, 0.2) is 0 Å². The minimum atomic E-state index is 0.198. The number of aromatic amines is 1. The molecule has 1 heterocycles. The first kappa shape index (κ1) is 9.91. The van der Waals surface area contributed by atoms with Crippen molar-refractivity contribution in [3.63, 3.8) is 0 Å². The lowest BCUT2D eigenvalue weighted by atomic mass is 9.99. The van der Waals surface area contributed by atoms with Crippen molar-refractivity contribution in [3.8, 4) is 0 Å². The lowest BCUT2D eigenvalue weighted by molar-refractivity contribution is 0.597. The Morgan fingerprint density at radius 1 is 1.38 bits per heavy atom. The minimum Gasteiger partial charge on any atom is -0.358 e. The zero-order valence-corrected chi connectivity index (χ0v) is 9.66. The van der Waals surface area contributed by atoms with E-state index in [0.717, 1.165) is 12.3 Å². The van der Waals surface area contributed by atoms with Crippen LogP contribution in [-0.4, -0.2) is 4.98 Å². The quantitative estimate of drug-likeness (QED) is 0.809. The van der Waals surface area contributed by atoms with Crippen LogP contribution in [0.2, 0.25) is 0 Å². The van der Waals surface area contributed by atoms with Crippen molar-refractivity contribution in [3.05, 3.63) is 35.5 Å². The summed E-state index contributed by atoms with van der Waals surface area (Å²) in [5, 5.41) is 1.30. The Morgan fingerprint density at radius 2 is 2.12 bits per heavy atom. The highest BCUT2D eigenvalue weighted by molar-refractivity contribution is 5.85. The topological polar surface area (TPSA) is 41.8 Å². The highest BCUT2D eigenvalue weighted by Crippen LogP contribution is 2.39. The number of hydrogen-bond donors (Lipinski definition) is 2. The summed E-state index contributed by atoms with van der Waals surface area (Å²) in [6.07, 6.45) is 3.88. The van der Waals surface area contributed by atoms with Crippen LogP contribution in [0.3, 0.4) is 0 Å². The fourth-order valence-electron chi connectivity index (χ4n) is 2.61. The Morgan fingerprint density at radius 3 is 2.88 bits per heavy atom. The third kappa shape index (κ3) is 1.63. The molecule has 1 aliphatic carbocycles. The van der Waals surface area contributed by atoms with E-state index in [0.29, 0.717) is 0 Å². The number of aryl methyl sites for hydroxylation is 1. The number of rotatable bonds is 3. The molecule has 1 saturated carbocycles. The molecule has 2 aromatic rings. The largest absolute Gasteiger partial charge is 0.358 e. The fraction of sp³-hybridized carbons (Fsp3) is 0.429. The Kier molecular flexibility index (Phi) is 2.25. The number of nitrogens with two attached hydrogens (primary N) is 1. The van der Waals surface area contributed by atoms with Crippen LogP contribution < -0.4 is 5.73 Å². The second-order valence-electron chi connectivity index (χ2n) is 4.99. The van der Waals surface area contributed by atoms with Crippen LogP contribution in [0.4, 0.5) is 0 Å². The van der Waals surface area contributed by atoms with Crippen molar-refractivity contribution in [1.82, 2.24) is 4.98 Å². The first-order valence-electron chi connectivity index (χ1n) is 6.08. The van der Waals surface area contributed by atoms with E-state index in [4.69, 9.17) is 5.73 Å². The van der Waals surface area contributed by atoms with Gasteiger partial charge in [0, 0.05) is 22.6 Å². The number of hydrogen-bond acceptors (Lipinski definition) is 1. The second kappa shape index (κ2) is 3.63. The zero-order chi connectivity index (χ0) is 11.1. The van der Waals surface area contributed by atoms with Crippen molar-refractivity contribution >= 4 is 10.9 Å². The van der Waals surface area contributed by atoms with Crippen LogP contribution in [0.1, 0.15) is 36.6 Å². The van der Waals surface area contributed by atoms with E-state index in [-0.39, 0.29) is 6.04 Å². The SMILES string of the molecule is Cc1[nH]c2ccccc2c1[C@H](N)CC1CC1. The van der Waals surface area contributed by atoms with Crippen LogP contribution >= 0.6 is 0 Å². The van der Waals surface area contributed by atoms with Gasteiger partial charge in [-0.15, -0.1) is 0 Å². The minimum absolute atomic E-state index is 0.198. The molecule has 1 atom stereocenters. The summed E-state index contributed by atoms with van der Waals surface area (Å²) in [7, 11) is 0. The number of para-hydroxylation sites is 1. The molecule has 3 N–H and O–H groups in total. The number of H-pyrrole nitrogens is 1. The Bertz CT molecular complexity index is 508. The molecule has 1 aromatic heterocycles. The van der Waals surface area contributed by atoms with E-state index in [9.17, 15) is 0 Å². The molecule has 1 fully saturated rings. The predicted molar refractivity (Wildman–Crippen MR) is 67.3 cm³/mol. The molecule has 0 unspecified atom stereocenters. The summed E-state index contributed by atoms with van der Waals surface area (Å²) in [6, 6.07) is 8.64. The highest BCUT2D eigenvalue weighted by Gasteiger charge is 2.26. The summed E-state index contributed by atoms with van der Waals surface area (Å²) in [4.78, 5) is 3.42. The Balaban J connectivity index is 2.03. The van der Waals surface area contributed by atoms with Gasteiger partial charge >= 0.3 is 0 Å². The molecule has 1 aliphatic rings. The monoisotopic (exact) mass is 214 g/mol. The van der Waals surface area contributed by atoms with Crippen LogP contribution in [0.5, 0.6) is 0 Å². The van der Waals surface area contributed by atoms with Crippen LogP contribution in [0.15, 0.2) is 24.3 Å². The molecule has 1 aromatic carbocycles. The van der Waals surface area contributed by atoms with Gasteiger partial charge in [-0.1, -0.05) is 31.0 Å². The average molecular weight is 214 g/mol. The maximum Gasteiger partial charge on any atom is 0.0459 e. The summed E-state index contributed by atoms with van der Waals surface area (Å²) in [6.45, 7) is 2.13. The van der Waals surface area contributed by atoms with Gasteiger partial charge < -0.3 is 10.7 Å². The second-order valence-corrected chi connectivity index (χ2v) is 4.99. The third-order valence-electron chi connectivity index (χ3n) is 3.60. The van der Waals surface area contributed by atoms with E-state index < -0.39 is 0 Å². The van der Waals surface area contributed by atoms with Gasteiger partial charge in [0.2, 0.25) is 0 Å². The Hall–Kier alpha value is -1.28. The molecule has 84 valence electrons. The molecule has 0 saturated heterocycles. The standard InChI is InChI=1S/C14H18N2/c1-9-14(12(15)8-10-6-7-10)11-4-2-3-5-13(11)16-9/h2-5,10,12,16H,6-8,15H2,1H3/t12-/m1/s1. The molecule has 2 nitrogen and oxygen atoms in total. The summed E-state index contributed by atoms with van der Waals surface area (Å²) >= 11 is 0. The van der Waals surface area contributed by atoms with Crippen LogP contribution in [-0.2, 0) is 0 Å². The smallest absolute Gasteiger partial charge is 0.0459 e. The van der Waals surface area contributed by atoms with Gasteiger partial charge in [0.25, 0.3) is 0 Å². The lowest BCUT2D eigenvalue weighted by Gasteiger charge is -2.11. The molecular weight excluding hydrogens is 196 g/mol. The van der Waals surface area contributed by atoms with Gasteiger partial charge in [-0.3, -0.25) is 0 Å². The number of aromatic nitrogens is 1. The van der Waals surface area contributed by atoms with Crippen molar-refractivity contribution in [2.45, 2.75) is 32.2 Å². The van der Waals surface area contributed by atoms with Crippen molar-refractivity contribution in [2.24, 2.45) is 11.7 Å². The van der Waals surface area contributed by atoms with Crippen LogP contribution in [0.25, 0.3) is 10.9 Å². The highest BCUT2D eigenvalue weighted by atomic mass is 14.7. The van der Waals surface area contributed by atoms with E-state index in [1.54, 1.807) is 0 Å². The lowest BCUT2D eigenvalue weighted by Crippen LogP contribution is -2.11. The van der Waals surface area contributed by atoms with Crippen molar-refractivity contribution < 1.29 is 0 Å². The molecule has 0 radical (unpaired) electrons. The first-order chi connectivity index (χ1) is 7.75. The van der Waals surface area contributed by atoms with Gasteiger partial charge in [-0.25, -0.2) is 0 Å². The molecule has 16 heavy (non-hydrogen) atoms. The molecule has 0 amide bonds. The zero-order valence-electron chi connectivity index (χ0n) is 9.66. The van der Waals surface area contributed by atoms with Gasteiger partial charge in [-0.2, -0.15) is 0 Å². The summed E-state index contributed by atoms with van der Waals surface area (Å²) in [5.74, 6) is 0.878. The fourth-order valence-corrected chi connectivity index (χ4v) is 2.61. The maximum atomic E-state index is 6.33. The molecule has 0 bridgehead atoms. The molecule has 0 spiro atoms. The first-order valence-corrected chi connectivity index (χ1v) is 6.08. The van der Waals surface area contributed by atoms with Crippen molar-refractivity contribution in [1.29, 1.82) is 0 Å². The van der Waals surface area contributed by atoms with E-state index in [1.165, 1.54) is 35.0 Å². The molecule has 0 aliphatic heterocycles. The number of nitrogens with one attached hydrogen (secondary N) is 1. The van der Waals surface area contributed by atoms with Crippen LogP contribution in [0, 0.1) is 12.8 Å². The van der Waals surface area contributed by atoms with E-state index in [2.05, 4.69) is 36.2 Å². The predicted octanol–water partition coefficient (Wildman–Crippen LogP) is 3.28.